The summed E-state index contributed by atoms with van der Waals surface area (Å²) in [6, 6.07) is 4.42. The van der Waals surface area contributed by atoms with Crippen molar-refractivity contribution in [2.24, 2.45) is 0 Å². The Morgan fingerprint density at radius 2 is 2.14 bits per heavy atom. The van der Waals surface area contributed by atoms with Gasteiger partial charge in [-0.2, -0.15) is 0 Å². The molecule has 0 radical (unpaired) electrons. The molecule has 3 rings (SSSR count). The lowest BCUT2D eigenvalue weighted by Gasteiger charge is -2.10. The number of aromatic nitrogens is 1. The van der Waals surface area contributed by atoms with Gasteiger partial charge in [0.05, 0.1) is 12.1 Å². The van der Waals surface area contributed by atoms with Crippen LogP contribution in [0.2, 0.25) is 0 Å². The van der Waals surface area contributed by atoms with E-state index >= 15 is 0 Å². The highest BCUT2D eigenvalue weighted by molar-refractivity contribution is 6.20. The van der Waals surface area contributed by atoms with E-state index in [1.54, 1.807) is 6.07 Å². The molecule has 2 aromatic heterocycles. The van der Waals surface area contributed by atoms with Crippen molar-refractivity contribution in [3.8, 4) is 0 Å². The van der Waals surface area contributed by atoms with Gasteiger partial charge in [0.1, 0.15) is 22.8 Å². The highest BCUT2D eigenvalue weighted by atomic mass is 16.4. The maximum atomic E-state index is 12.1. The van der Waals surface area contributed by atoms with Crippen molar-refractivity contribution >= 4 is 17.8 Å². The number of carboxylic acids is 1. The maximum absolute atomic E-state index is 12.1. The first-order valence-corrected chi connectivity index (χ1v) is 6.13. The second-order valence-corrected chi connectivity index (χ2v) is 4.58. The molecule has 2 amide bonds. The lowest BCUT2D eigenvalue weighted by Crippen LogP contribution is -2.29. The molecule has 106 valence electrons. The molecule has 0 aromatic carbocycles. The average Bonchev–Trinajstić information content (AvgIpc) is 2.94. The molecule has 0 fully saturated rings. The van der Waals surface area contributed by atoms with E-state index in [0.717, 1.165) is 4.90 Å². The lowest BCUT2D eigenvalue weighted by molar-refractivity contribution is 0.0626. The van der Waals surface area contributed by atoms with Gasteiger partial charge >= 0.3 is 5.97 Å². The van der Waals surface area contributed by atoms with E-state index in [1.165, 1.54) is 25.3 Å². The Labute approximate surface area is 118 Å². The topological polar surface area (TPSA) is 101 Å². The molecule has 0 aliphatic carbocycles. The van der Waals surface area contributed by atoms with Crippen LogP contribution in [0.3, 0.4) is 0 Å². The van der Waals surface area contributed by atoms with E-state index < -0.39 is 17.8 Å². The Kier molecular flexibility index (Phi) is 2.83. The number of hydrogen-bond donors (Lipinski definition) is 1. The molecule has 1 aliphatic heterocycles. The quantitative estimate of drug-likeness (QED) is 0.857. The number of fused-ring (bicyclic) bond motifs is 1. The Morgan fingerprint density at radius 1 is 1.38 bits per heavy atom. The van der Waals surface area contributed by atoms with Crippen molar-refractivity contribution < 1.29 is 23.9 Å². The van der Waals surface area contributed by atoms with Gasteiger partial charge in [-0.3, -0.25) is 19.5 Å². The zero-order chi connectivity index (χ0) is 15.1. The van der Waals surface area contributed by atoms with Gasteiger partial charge < -0.3 is 9.52 Å². The van der Waals surface area contributed by atoms with Crippen LogP contribution < -0.4 is 0 Å². The molecule has 7 nitrogen and oxygen atoms in total. The van der Waals surface area contributed by atoms with E-state index in [4.69, 9.17) is 9.52 Å². The summed E-state index contributed by atoms with van der Waals surface area (Å²) in [5.74, 6) is -1.63. The van der Waals surface area contributed by atoms with Crippen molar-refractivity contribution in [2.75, 3.05) is 0 Å². The Hall–Kier alpha value is -2.96. The first-order chi connectivity index (χ1) is 9.99. The molecule has 0 saturated heterocycles. The van der Waals surface area contributed by atoms with Gasteiger partial charge in [-0.05, 0) is 25.1 Å². The molecular formula is C14H10N2O5. The minimum atomic E-state index is -1.12. The van der Waals surface area contributed by atoms with Crippen LogP contribution in [-0.2, 0) is 6.54 Å². The van der Waals surface area contributed by atoms with Gasteiger partial charge in [0.25, 0.3) is 11.8 Å². The fourth-order valence-electron chi connectivity index (χ4n) is 2.25. The molecule has 3 heterocycles. The summed E-state index contributed by atoms with van der Waals surface area (Å²) in [5, 5.41) is 8.97. The van der Waals surface area contributed by atoms with Crippen LogP contribution in [0.15, 0.2) is 28.8 Å². The first kappa shape index (κ1) is 13.0. The van der Waals surface area contributed by atoms with Crippen LogP contribution >= 0.6 is 0 Å². The molecule has 0 saturated carbocycles. The number of pyridine rings is 1. The Morgan fingerprint density at radius 3 is 2.76 bits per heavy atom. The van der Waals surface area contributed by atoms with Crippen LogP contribution in [0, 0.1) is 6.92 Å². The lowest BCUT2D eigenvalue weighted by atomic mass is 10.2. The molecule has 0 bridgehead atoms. The van der Waals surface area contributed by atoms with Gasteiger partial charge in [0.15, 0.2) is 0 Å². The number of rotatable bonds is 3. The number of hydrogen-bond acceptors (Lipinski definition) is 5. The third-order valence-corrected chi connectivity index (χ3v) is 3.24. The summed E-state index contributed by atoms with van der Waals surface area (Å²) in [7, 11) is 0. The summed E-state index contributed by atoms with van der Waals surface area (Å²) in [5.41, 5.74) is 0.355. The van der Waals surface area contributed by atoms with Gasteiger partial charge in [-0.15, -0.1) is 0 Å². The molecule has 2 aromatic rings. The zero-order valence-corrected chi connectivity index (χ0v) is 11.0. The SMILES string of the molecule is Cc1oc(CN2C(=O)c3cccnc3C2=O)cc1C(=O)O. The second kappa shape index (κ2) is 4.55. The molecule has 1 N–H and O–H groups in total. The molecular weight excluding hydrogens is 276 g/mol. The third kappa shape index (κ3) is 1.99. The fraction of sp³-hybridized carbons (Fsp3) is 0.143. The molecule has 0 atom stereocenters. The Balaban J connectivity index is 1.90. The maximum Gasteiger partial charge on any atom is 0.339 e. The average molecular weight is 286 g/mol. The number of aromatic carboxylic acids is 1. The Bertz CT molecular complexity index is 742. The summed E-state index contributed by atoms with van der Waals surface area (Å²) in [4.78, 5) is 40.1. The van der Waals surface area contributed by atoms with Crippen molar-refractivity contribution in [3.63, 3.8) is 0 Å². The number of imide groups is 1. The van der Waals surface area contributed by atoms with Crippen molar-refractivity contribution in [2.45, 2.75) is 13.5 Å². The number of carbonyl (C=O) groups excluding carboxylic acids is 2. The van der Waals surface area contributed by atoms with Crippen LogP contribution in [0.5, 0.6) is 0 Å². The van der Waals surface area contributed by atoms with E-state index in [1.807, 2.05) is 0 Å². The molecule has 21 heavy (non-hydrogen) atoms. The van der Waals surface area contributed by atoms with Gasteiger partial charge in [-0.25, -0.2) is 4.79 Å². The molecule has 0 unspecified atom stereocenters. The third-order valence-electron chi connectivity index (χ3n) is 3.24. The van der Waals surface area contributed by atoms with Gasteiger partial charge in [0.2, 0.25) is 0 Å². The largest absolute Gasteiger partial charge is 0.478 e. The van der Waals surface area contributed by atoms with Crippen LogP contribution in [0.4, 0.5) is 0 Å². The minimum absolute atomic E-state index is 0.0136. The van der Waals surface area contributed by atoms with Crippen LogP contribution in [0.1, 0.15) is 42.7 Å². The van der Waals surface area contributed by atoms with E-state index in [-0.39, 0.29) is 34.9 Å². The van der Waals surface area contributed by atoms with E-state index in [0.29, 0.717) is 0 Å². The molecule has 0 spiro atoms. The molecule has 1 aliphatic rings. The monoisotopic (exact) mass is 286 g/mol. The number of nitrogens with zero attached hydrogens (tertiary/aromatic N) is 2. The van der Waals surface area contributed by atoms with Gasteiger partial charge in [-0.1, -0.05) is 0 Å². The number of amides is 2. The summed E-state index contributed by atoms with van der Waals surface area (Å²) in [6.45, 7) is 1.39. The van der Waals surface area contributed by atoms with Crippen LogP contribution in [-0.4, -0.2) is 32.8 Å². The zero-order valence-electron chi connectivity index (χ0n) is 11.0. The first-order valence-electron chi connectivity index (χ1n) is 6.13. The van der Waals surface area contributed by atoms with Crippen LogP contribution in [0.25, 0.3) is 0 Å². The smallest absolute Gasteiger partial charge is 0.339 e. The highest BCUT2D eigenvalue weighted by Crippen LogP contribution is 2.24. The van der Waals surface area contributed by atoms with Crippen molar-refractivity contribution in [1.29, 1.82) is 0 Å². The predicted molar refractivity (Wildman–Crippen MR) is 68.8 cm³/mol. The summed E-state index contributed by atoms with van der Waals surface area (Å²) < 4.78 is 5.29. The van der Waals surface area contributed by atoms with Gasteiger partial charge in [0, 0.05) is 6.20 Å². The summed E-state index contributed by atoms with van der Waals surface area (Å²) >= 11 is 0. The number of aryl methyl sites for hydroxylation is 1. The number of carboxylic acid groups (broad SMARTS) is 1. The highest BCUT2D eigenvalue weighted by Gasteiger charge is 2.37. The van der Waals surface area contributed by atoms with Crippen molar-refractivity contribution in [1.82, 2.24) is 9.88 Å². The minimum Gasteiger partial charge on any atom is -0.478 e. The predicted octanol–water partition coefficient (Wildman–Crippen LogP) is 1.48. The summed E-state index contributed by atoms with van der Waals surface area (Å²) in [6.07, 6.45) is 1.44. The van der Waals surface area contributed by atoms with E-state index in [2.05, 4.69) is 4.98 Å². The number of furan rings is 1. The van der Waals surface area contributed by atoms with Crippen molar-refractivity contribution in [3.05, 3.63) is 52.7 Å². The number of carbonyl (C=O) groups is 3. The normalized spacial score (nSPS) is 13.7. The molecule has 7 heteroatoms. The second-order valence-electron chi connectivity index (χ2n) is 4.58. The van der Waals surface area contributed by atoms with E-state index in [9.17, 15) is 14.4 Å². The fourth-order valence-corrected chi connectivity index (χ4v) is 2.25. The standard InChI is InChI=1S/C14H10N2O5/c1-7-10(14(19)20)5-8(21-7)6-16-12(17)9-3-2-4-15-11(9)13(16)18/h2-5H,6H2,1H3,(H,19,20).